The first-order chi connectivity index (χ1) is 12.6. The van der Waals surface area contributed by atoms with Crippen molar-refractivity contribution >= 4 is 5.91 Å². The number of aromatic nitrogens is 2. The number of hydrogen-bond donors (Lipinski definition) is 2. The lowest BCUT2D eigenvalue weighted by Gasteiger charge is -2.25. The predicted octanol–water partition coefficient (Wildman–Crippen LogP) is 2.05. The summed E-state index contributed by atoms with van der Waals surface area (Å²) >= 11 is 0. The average Bonchev–Trinajstić information content (AvgIpc) is 3.27. The van der Waals surface area contributed by atoms with Gasteiger partial charge in [-0.2, -0.15) is 5.10 Å². The fourth-order valence-electron chi connectivity index (χ4n) is 3.66. The van der Waals surface area contributed by atoms with Crippen LogP contribution in [-0.4, -0.2) is 48.4 Å². The number of carbonyl (C=O) groups is 1. The summed E-state index contributed by atoms with van der Waals surface area (Å²) in [6.07, 6.45) is 4.17. The van der Waals surface area contributed by atoms with Crippen molar-refractivity contribution in [1.29, 1.82) is 0 Å². The Labute approximate surface area is 152 Å². The number of nitrogens with zero attached hydrogens (tertiary/aromatic N) is 2. The molecule has 2 heterocycles. The highest BCUT2D eigenvalue weighted by molar-refractivity contribution is 5.94. The van der Waals surface area contributed by atoms with Crippen molar-refractivity contribution in [3.63, 3.8) is 0 Å². The van der Waals surface area contributed by atoms with Gasteiger partial charge in [0, 0.05) is 17.8 Å². The van der Waals surface area contributed by atoms with Crippen LogP contribution in [0.1, 0.15) is 46.2 Å². The van der Waals surface area contributed by atoms with E-state index >= 15 is 0 Å². The molecule has 138 valence electrons. The Morgan fingerprint density at radius 2 is 2.08 bits per heavy atom. The third-order valence-electron chi connectivity index (χ3n) is 5.13. The Balaban J connectivity index is 1.47. The molecule has 0 spiro atoms. The average molecular weight is 356 g/mol. The lowest BCUT2D eigenvalue weighted by Crippen LogP contribution is -2.35. The minimum absolute atomic E-state index is 0.0308. The standard InChI is InChI=1S/C19H24N4O3/c1-23(2)15(12-7-8-16-17(9-12)26-11-25-16)10-20-19(24)18-13-5-3-4-6-14(13)21-22-18/h7-9,15H,3-6,10-11H2,1-2H3,(H,20,24)(H,21,22). The molecular weight excluding hydrogens is 332 g/mol. The van der Waals surface area contributed by atoms with Gasteiger partial charge in [-0.1, -0.05) is 6.07 Å². The summed E-state index contributed by atoms with van der Waals surface area (Å²) in [5.74, 6) is 1.40. The van der Waals surface area contributed by atoms with E-state index in [0.29, 0.717) is 12.2 Å². The number of nitrogens with one attached hydrogen (secondary N) is 2. The molecule has 7 nitrogen and oxygen atoms in total. The molecule has 1 aromatic heterocycles. The predicted molar refractivity (Wildman–Crippen MR) is 96.6 cm³/mol. The number of likely N-dealkylation sites (N-methyl/N-ethyl adjacent to an activating group) is 1. The maximum atomic E-state index is 12.7. The molecule has 1 atom stereocenters. The second-order valence-corrected chi connectivity index (χ2v) is 7.04. The van der Waals surface area contributed by atoms with Gasteiger partial charge in [-0.3, -0.25) is 9.89 Å². The van der Waals surface area contributed by atoms with Crippen LogP contribution in [0.5, 0.6) is 11.5 Å². The van der Waals surface area contributed by atoms with E-state index in [4.69, 9.17) is 9.47 Å². The maximum absolute atomic E-state index is 12.7. The van der Waals surface area contributed by atoms with E-state index in [1.54, 1.807) is 0 Å². The number of carbonyl (C=O) groups excluding carboxylic acids is 1. The molecule has 26 heavy (non-hydrogen) atoms. The van der Waals surface area contributed by atoms with Crippen molar-refractivity contribution in [3.05, 3.63) is 40.7 Å². The number of amides is 1. The second-order valence-electron chi connectivity index (χ2n) is 7.04. The minimum Gasteiger partial charge on any atom is -0.454 e. The molecule has 0 bridgehead atoms. The van der Waals surface area contributed by atoms with Gasteiger partial charge >= 0.3 is 0 Å². The zero-order chi connectivity index (χ0) is 18.1. The molecule has 0 saturated carbocycles. The van der Waals surface area contributed by atoms with Gasteiger partial charge in [0.2, 0.25) is 6.79 Å². The van der Waals surface area contributed by atoms with Crippen molar-refractivity contribution < 1.29 is 14.3 Å². The van der Waals surface area contributed by atoms with Crippen LogP contribution in [0.2, 0.25) is 0 Å². The first kappa shape index (κ1) is 16.9. The molecule has 1 amide bonds. The molecule has 1 aliphatic heterocycles. The van der Waals surface area contributed by atoms with Gasteiger partial charge in [-0.25, -0.2) is 0 Å². The fraction of sp³-hybridized carbons (Fsp3) is 0.474. The highest BCUT2D eigenvalue weighted by Crippen LogP contribution is 2.35. The molecular formula is C19H24N4O3. The smallest absolute Gasteiger partial charge is 0.272 e. The summed E-state index contributed by atoms with van der Waals surface area (Å²) < 4.78 is 10.8. The third kappa shape index (κ3) is 3.14. The molecule has 7 heteroatoms. The molecule has 0 fully saturated rings. The number of rotatable bonds is 5. The SMILES string of the molecule is CN(C)C(CNC(=O)c1n[nH]c2c1CCCC2)c1ccc2c(c1)OCO2. The van der Waals surface area contributed by atoms with Crippen molar-refractivity contribution in [2.75, 3.05) is 27.4 Å². The van der Waals surface area contributed by atoms with Crippen LogP contribution in [0, 0.1) is 0 Å². The zero-order valence-electron chi connectivity index (χ0n) is 15.2. The number of H-pyrrole nitrogens is 1. The van der Waals surface area contributed by atoms with Gasteiger partial charge in [-0.15, -0.1) is 0 Å². The lowest BCUT2D eigenvalue weighted by molar-refractivity contribution is 0.0936. The molecule has 4 rings (SSSR count). The Morgan fingerprint density at radius 1 is 1.27 bits per heavy atom. The van der Waals surface area contributed by atoms with Gasteiger partial charge in [0.25, 0.3) is 5.91 Å². The largest absolute Gasteiger partial charge is 0.454 e. The van der Waals surface area contributed by atoms with Crippen LogP contribution in [0.4, 0.5) is 0 Å². The topological polar surface area (TPSA) is 79.5 Å². The molecule has 1 unspecified atom stereocenters. The molecule has 2 aliphatic rings. The summed E-state index contributed by atoms with van der Waals surface area (Å²) in [5.41, 5.74) is 3.81. The Kier molecular flexibility index (Phi) is 4.55. The van der Waals surface area contributed by atoms with Crippen LogP contribution in [0.3, 0.4) is 0 Å². The third-order valence-corrected chi connectivity index (χ3v) is 5.13. The summed E-state index contributed by atoms with van der Waals surface area (Å²) in [6, 6.07) is 5.94. The second kappa shape index (κ2) is 6.99. The maximum Gasteiger partial charge on any atom is 0.272 e. The van der Waals surface area contributed by atoms with Crippen molar-refractivity contribution in [3.8, 4) is 11.5 Å². The highest BCUT2D eigenvalue weighted by Gasteiger charge is 2.24. The van der Waals surface area contributed by atoms with E-state index in [9.17, 15) is 4.79 Å². The molecule has 2 N–H and O–H groups in total. The van der Waals surface area contributed by atoms with Crippen LogP contribution >= 0.6 is 0 Å². The molecule has 2 aromatic rings. The fourth-order valence-corrected chi connectivity index (χ4v) is 3.66. The van der Waals surface area contributed by atoms with Crippen LogP contribution in [0.25, 0.3) is 0 Å². The minimum atomic E-state index is -0.114. The van der Waals surface area contributed by atoms with E-state index in [2.05, 4.69) is 20.4 Å². The molecule has 1 aliphatic carbocycles. The molecule has 1 aromatic carbocycles. The number of hydrogen-bond acceptors (Lipinski definition) is 5. The van der Waals surface area contributed by atoms with E-state index < -0.39 is 0 Å². The molecule has 0 radical (unpaired) electrons. The summed E-state index contributed by atoms with van der Waals surface area (Å²) in [4.78, 5) is 14.7. The number of ether oxygens (including phenoxy) is 2. The Bertz CT molecular complexity index is 815. The monoisotopic (exact) mass is 356 g/mol. The number of benzene rings is 1. The Morgan fingerprint density at radius 3 is 2.92 bits per heavy atom. The number of aryl methyl sites for hydroxylation is 1. The summed E-state index contributed by atoms with van der Waals surface area (Å²) in [7, 11) is 4.00. The van der Waals surface area contributed by atoms with Gasteiger partial charge in [0.1, 0.15) is 0 Å². The highest BCUT2D eigenvalue weighted by atomic mass is 16.7. The van der Waals surface area contributed by atoms with E-state index in [1.165, 1.54) is 0 Å². The van der Waals surface area contributed by atoms with Crippen molar-refractivity contribution in [1.82, 2.24) is 20.4 Å². The van der Waals surface area contributed by atoms with Gasteiger partial charge < -0.3 is 19.7 Å². The van der Waals surface area contributed by atoms with Crippen LogP contribution in [0.15, 0.2) is 18.2 Å². The lowest BCUT2D eigenvalue weighted by atomic mass is 9.95. The normalized spacial score (nSPS) is 16.4. The van der Waals surface area contributed by atoms with Gasteiger partial charge in [-0.05, 0) is 57.5 Å². The van der Waals surface area contributed by atoms with Crippen molar-refractivity contribution in [2.45, 2.75) is 31.7 Å². The zero-order valence-corrected chi connectivity index (χ0v) is 15.2. The van der Waals surface area contributed by atoms with Gasteiger partial charge in [0.05, 0.1) is 6.04 Å². The van der Waals surface area contributed by atoms with Crippen molar-refractivity contribution in [2.24, 2.45) is 0 Å². The number of aromatic amines is 1. The first-order valence-electron chi connectivity index (χ1n) is 9.04. The quantitative estimate of drug-likeness (QED) is 0.857. The van der Waals surface area contributed by atoms with E-state index in [-0.39, 0.29) is 18.7 Å². The van der Waals surface area contributed by atoms with E-state index in [0.717, 1.165) is 54.0 Å². The van der Waals surface area contributed by atoms with Crippen LogP contribution in [-0.2, 0) is 12.8 Å². The number of fused-ring (bicyclic) bond motifs is 2. The van der Waals surface area contributed by atoms with Crippen LogP contribution < -0.4 is 14.8 Å². The summed E-state index contributed by atoms with van der Waals surface area (Å²) in [6.45, 7) is 0.750. The van der Waals surface area contributed by atoms with E-state index in [1.807, 2.05) is 32.3 Å². The Hall–Kier alpha value is -2.54. The van der Waals surface area contributed by atoms with Gasteiger partial charge in [0.15, 0.2) is 17.2 Å². The summed E-state index contributed by atoms with van der Waals surface area (Å²) in [5, 5.41) is 10.3. The first-order valence-corrected chi connectivity index (χ1v) is 9.04. The molecule has 0 saturated heterocycles.